The molecule has 184 valence electrons. The lowest BCUT2D eigenvalue weighted by molar-refractivity contribution is -0.144. The third kappa shape index (κ3) is 3.87. The Balaban J connectivity index is 1.23. The van der Waals surface area contributed by atoms with Crippen molar-refractivity contribution < 1.29 is 24.2 Å². The molecule has 0 heterocycles. The minimum atomic E-state index is -1.05. The summed E-state index contributed by atoms with van der Waals surface area (Å²) in [5.74, 6) is -1.60. The largest absolute Gasteiger partial charge is 0.480 e. The van der Waals surface area contributed by atoms with Gasteiger partial charge in [-0.3, -0.25) is 4.79 Å². The zero-order chi connectivity index (χ0) is 24.8. The molecule has 0 radical (unpaired) electrons. The fourth-order valence-corrected chi connectivity index (χ4v) is 6.11. The maximum Gasteiger partial charge on any atom is 0.407 e. The number of aliphatic carboxylic acids is 1. The molecule has 0 saturated heterocycles. The zero-order valence-corrected chi connectivity index (χ0v) is 20.2. The van der Waals surface area contributed by atoms with Gasteiger partial charge < -0.3 is 20.5 Å². The third-order valence-corrected chi connectivity index (χ3v) is 8.37. The molecule has 3 aliphatic carbocycles. The van der Waals surface area contributed by atoms with Gasteiger partial charge in [0.15, 0.2) is 0 Å². The number of carbonyl (C=O) groups is 3. The first kappa shape index (κ1) is 23.4. The van der Waals surface area contributed by atoms with Crippen LogP contribution in [0.4, 0.5) is 4.79 Å². The molecule has 0 aliphatic heterocycles. The van der Waals surface area contributed by atoms with Crippen LogP contribution < -0.4 is 10.6 Å². The zero-order valence-electron chi connectivity index (χ0n) is 20.2. The molecule has 3 N–H and O–H groups in total. The Bertz CT molecular complexity index is 1130. The number of carboxylic acid groups (broad SMARTS) is 1. The van der Waals surface area contributed by atoms with Crippen LogP contribution in [-0.4, -0.2) is 42.3 Å². The molecule has 1 spiro atoms. The Kier molecular flexibility index (Phi) is 5.82. The highest BCUT2D eigenvalue weighted by molar-refractivity contribution is 5.91. The molecular formula is C28H32N2O5. The van der Waals surface area contributed by atoms with Gasteiger partial charge in [0, 0.05) is 12.5 Å². The Labute approximate surface area is 205 Å². The summed E-state index contributed by atoms with van der Waals surface area (Å²) in [6.07, 6.45) is 3.00. The highest BCUT2D eigenvalue weighted by Crippen LogP contribution is 2.73. The van der Waals surface area contributed by atoms with Crippen LogP contribution in [0.2, 0.25) is 0 Å². The second-order valence-electron chi connectivity index (χ2n) is 10.6. The normalized spacial score (nSPS) is 22.0. The number of hydrogen-bond acceptors (Lipinski definition) is 4. The van der Waals surface area contributed by atoms with Gasteiger partial charge in [0.2, 0.25) is 5.91 Å². The average Bonchev–Trinajstić information content (AvgIpc) is 3.44. The molecule has 7 heteroatoms. The number of carboxylic acids is 1. The predicted molar refractivity (Wildman–Crippen MR) is 131 cm³/mol. The smallest absolute Gasteiger partial charge is 0.407 e. The maximum atomic E-state index is 13.2. The van der Waals surface area contributed by atoms with Crippen molar-refractivity contribution in [2.24, 2.45) is 16.7 Å². The van der Waals surface area contributed by atoms with Gasteiger partial charge in [0.05, 0.1) is 5.41 Å². The second kappa shape index (κ2) is 8.70. The van der Waals surface area contributed by atoms with Gasteiger partial charge in [-0.05, 0) is 52.8 Å². The topological polar surface area (TPSA) is 105 Å². The van der Waals surface area contributed by atoms with Crippen LogP contribution in [-0.2, 0) is 14.3 Å². The second-order valence-corrected chi connectivity index (χ2v) is 10.6. The van der Waals surface area contributed by atoms with Crippen LogP contribution in [0.25, 0.3) is 11.1 Å². The van der Waals surface area contributed by atoms with Gasteiger partial charge in [0.25, 0.3) is 0 Å². The first-order valence-electron chi connectivity index (χ1n) is 12.4. The lowest BCUT2D eigenvalue weighted by Gasteiger charge is -2.33. The Hall–Kier alpha value is -3.35. The molecule has 2 atom stereocenters. The first-order valence-corrected chi connectivity index (χ1v) is 12.4. The number of ether oxygens (including phenoxy) is 1. The summed E-state index contributed by atoms with van der Waals surface area (Å²) < 4.78 is 5.64. The van der Waals surface area contributed by atoms with Crippen LogP contribution in [0, 0.1) is 16.7 Å². The quantitative estimate of drug-likeness (QED) is 0.527. The number of benzene rings is 2. The maximum absolute atomic E-state index is 13.2. The fraction of sp³-hybridized carbons (Fsp3) is 0.464. The van der Waals surface area contributed by atoms with E-state index >= 15 is 0 Å². The number of nitrogens with one attached hydrogen (secondary N) is 2. The Morgan fingerprint density at radius 3 is 2.11 bits per heavy atom. The summed E-state index contributed by atoms with van der Waals surface area (Å²) >= 11 is 0. The van der Waals surface area contributed by atoms with Crippen LogP contribution in [0.3, 0.4) is 0 Å². The van der Waals surface area contributed by atoms with Gasteiger partial charge in [-0.1, -0.05) is 68.8 Å². The number of fused-ring (bicyclic) bond motifs is 3. The van der Waals surface area contributed by atoms with Crippen molar-refractivity contribution >= 4 is 18.0 Å². The lowest BCUT2D eigenvalue weighted by atomic mass is 9.74. The van der Waals surface area contributed by atoms with E-state index in [0.29, 0.717) is 6.42 Å². The van der Waals surface area contributed by atoms with Crippen molar-refractivity contribution in [3.05, 3.63) is 59.7 Å². The minimum absolute atomic E-state index is 0.0355. The average molecular weight is 477 g/mol. The van der Waals surface area contributed by atoms with E-state index in [9.17, 15) is 19.5 Å². The van der Waals surface area contributed by atoms with Gasteiger partial charge in [-0.2, -0.15) is 0 Å². The summed E-state index contributed by atoms with van der Waals surface area (Å²) in [7, 11) is 0. The van der Waals surface area contributed by atoms with E-state index < -0.39 is 23.5 Å². The Morgan fingerprint density at radius 2 is 1.63 bits per heavy atom. The number of carbonyl (C=O) groups excluding carboxylic acids is 2. The van der Waals surface area contributed by atoms with Crippen molar-refractivity contribution in [1.82, 2.24) is 10.6 Å². The lowest BCUT2D eigenvalue weighted by Crippen LogP contribution is -2.51. The van der Waals surface area contributed by atoms with E-state index in [1.54, 1.807) is 13.8 Å². The molecule has 3 aliphatic rings. The summed E-state index contributed by atoms with van der Waals surface area (Å²) in [6, 6.07) is 15.4. The van der Waals surface area contributed by atoms with E-state index in [1.807, 2.05) is 24.3 Å². The minimum Gasteiger partial charge on any atom is -0.480 e. The van der Waals surface area contributed by atoms with Gasteiger partial charge >= 0.3 is 12.1 Å². The standard InChI is InChI=1S/C28H32N2O5/c1-17(2)23(24(31)32)30-25(33)28(15-27(28)12-7-13-27)16-29-26(34)35-14-22-20-10-5-3-8-18(20)19-9-4-6-11-21(19)22/h3-6,8-11,17,22-23H,7,12-16H2,1-2H3,(H,29,34)(H,30,33)(H,31,32)/t23-,28?/m0/s1. The molecule has 2 amide bonds. The molecule has 5 rings (SSSR count). The van der Waals surface area contributed by atoms with E-state index in [0.717, 1.165) is 41.5 Å². The van der Waals surface area contributed by atoms with Crippen molar-refractivity contribution in [2.45, 2.75) is 51.5 Å². The molecular weight excluding hydrogens is 444 g/mol. The van der Waals surface area contributed by atoms with E-state index in [4.69, 9.17) is 4.74 Å². The molecule has 2 aromatic rings. The van der Waals surface area contributed by atoms with Crippen molar-refractivity contribution in [3.63, 3.8) is 0 Å². The highest BCUT2D eigenvalue weighted by atomic mass is 16.5. The summed E-state index contributed by atoms with van der Waals surface area (Å²) in [6.45, 7) is 3.90. The fourth-order valence-electron chi connectivity index (χ4n) is 6.11. The van der Waals surface area contributed by atoms with Gasteiger partial charge in [0.1, 0.15) is 12.6 Å². The van der Waals surface area contributed by atoms with E-state index in [2.05, 4.69) is 34.9 Å². The number of amides is 2. The molecule has 0 aromatic heterocycles. The predicted octanol–water partition coefficient (Wildman–Crippen LogP) is 4.31. The number of alkyl carbamates (subject to hydrolysis) is 1. The molecule has 2 fully saturated rings. The molecule has 0 bridgehead atoms. The van der Waals surface area contributed by atoms with Gasteiger partial charge in [-0.15, -0.1) is 0 Å². The molecule has 2 saturated carbocycles. The monoisotopic (exact) mass is 476 g/mol. The molecule has 1 unspecified atom stereocenters. The third-order valence-electron chi connectivity index (χ3n) is 8.37. The van der Waals surface area contributed by atoms with Crippen molar-refractivity contribution in [1.29, 1.82) is 0 Å². The van der Waals surface area contributed by atoms with Crippen LogP contribution in [0.5, 0.6) is 0 Å². The van der Waals surface area contributed by atoms with Crippen LogP contribution in [0.1, 0.15) is 56.6 Å². The summed E-state index contributed by atoms with van der Waals surface area (Å²) in [4.78, 5) is 37.6. The first-order chi connectivity index (χ1) is 16.8. The van der Waals surface area contributed by atoms with E-state index in [1.165, 1.54) is 0 Å². The molecule has 2 aromatic carbocycles. The summed E-state index contributed by atoms with van der Waals surface area (Å²) in [5, 5.41) is 15.1. The Morgan fingerprint density at radius 1 is 1.03 bits per heavy atom. The van der Waals surface area contributed by atoms with Gasteiger partial charge in [-0.25, -0.2) is 9.59 Å². The number of rotatable bonds is 8. The molecule has 7 nitrogen and oxygen atoms in total. The van der Waals surface area contributed by atoms with Crippen molar-refractivity contribution in [3.8, 4) is 11.1 Å². The SMILES string of the molecule is CC(C)[C@H](NC(=O)C1(CNC(=O)OCC2c3ccccc3-c3ccccc32)CC12CCC2)C(=O)O. The van der Waals surface area contributed by atoms with E-state index in [-0.39, 0.29) is 36.3 Å². The van der Waals surface area contributed by atoms with Crippen LogP contribution >= 0.6 is 0 Å². The highest BCUT2D eigenvalue weighted by Gasteiger charge is 2.73. The van der Waals surface area contributed by atoms with Crippen molar-refractivity contribution in [2.75, 3.05) is 13.2 Å². The summed E-state index contributed by atoms with van der Waals surface area (Å²) in [5.41, 5.74) is 3.71. The van der Waals surface area contributed by atoms with Crippen LogP contribution in [0.15, 0.2) is 48.5 Å². The number of hydrogen-bond donors (Lipinski definition) is 3. The molecule has 35 heavy (non-hydrogen) atoms.